The van der Waals surface area contributed by atoms with Gasteiger partial charge in [0.25, 0.3) is 0 Å². The van der Waals surface area contributed by atoms with Crippen molar-refractivity contribution in [1.29, 1.82) is 0 Å². The third-order valence-electron chi connectivity index (χ3n) is 13.9. The number of hydrogen-bond donors (Lipinski definition) is 4. The normalized spacial score (nSPS) is 59.2. The van der Waals surface area contributed by atoms with Crippen LogP contribution in [0.1, 0.15) is 85.5 Å². The Balaban J connectivity index is 1.05. The van der Waals surface area contributed by atoms with Gasteiger partial charge >= 0.3 is 0 Å². The third kappa shape index (κ3) is 4.20. The number of rotatable bonds is 3. The van der Waals surface area contributed by atoms with Crippen LogP contribution in [0.2, 0.25) is 0 Å². The minimum atomic E-state index is -1.44. The fraction of sp³-hybridized carbons (Fsp3) is 0.970. The molecule has 42 heavy (non-hydrogen) atoms. The number of ketones is 1. The lowest BCUT2D eigenvalue weighted by Gasteiger charge is -2.60. The third-order valence-corrected chi connectivity index (χ3v) is 13.9. The van der Waals surface area contributed by atoms with Crippen molar-refractivity contribution >= 4 is 5.78 Å². The summed E-state index contributed by atoms with van der Waals surface area (Å²) < 4.78 is 25.1. The van der Waals surface area contributed by atoms with Crippen molar-refractivity contribution in [3.63, 3.8) is 0 Å². The first-order valence-corrected chi connectivity index (χ1v) is 16.7. The molecule has 7 aliphatic rings. The lowest BCUT2D eigenvalue weighted by Crippen LogP contribution is -2.60. The minimum absolute atomic E-state index is 0.0448. The van der Waals surface area contributed by atoms with Gasteiger partial charge in [-0.1, -0.05) is 27.7 Å². The molecule has 4 saturated carbocycles. The first kappa shape index (κ1) is 30.0. The fourth-order valence-electron chi connectivity index (χ4n) is 11.4. The quantitative estimate of drug-likeness (QED) is 0.365. The molecule has 0 aromatic carbocycles. The van der Waals surface area contributed by atoms with Crippen molar-refractivity contribution in [3.8, 4) is 0 Å². The number of hydrogen-bond acceptors (Lipinski definition) is 9. The summed E-state index contributed by atoms with van der Waals surface area (Å²) in [4.78, 5) is 14.3. The lowest BCUT2D eigenvalue weighted by molar-refractivity contribution is -0.316. The Morgan fingerprint density at radius 3 is 2.45 bits per heavy atom. The summed E-state index contributed by atoms with van der Waals surface area (Å²) in [5, 5.41) is 40.4. The van der Waals surface area contributed by atoms with Gasteiger partial charge in [0.05, 0.1) is 25.4 Å². The van der Waals surface area contributed by atoms with Crippen LogP contribution in [0.15, 0.2) is 0 Å². The largest absolute Gasteiger partial charge is 0.394 e. The maximum atomic E-state index is 14.3. The highest BCUT2D eigenvalue weighted by atomic mass is 16.7. The number of Topliss-reactive ketones (excluding diaryl/α,β-unsaturated/α-hetero) is 1. The van der Waals surface area contributed by atoms with E-state index in [1.165, 1.54) is 0 Å². The molecule has 4 N–H and O–H groups in total. The summed E-state index contributed by atoms with van der Waals surface area (Å²) in [5.74, 6) is 2.52. The lowest BCUT2D eigenvalue weighted by atomic mass is 9.44. The zero-order valence-corrected chi connectivity index (χ0v) is 25.7. The van der Waals surface area contributed by atoms with Crippen molar-refractivity contribution in [2.45, 2.75) is 134 Å². The zero-order valence-electron chi connectivity index (χ0n) is 25.7. The summed E-state index contributed by atoms with van der Waals surface area (Å²) in [7, 11) is 0. The Labute approximate surface area is 249 Å². The van der Waals surface area contributed by atoms with Gasteiger partial charge in [0, 0.05) is 30.1 Å². The second-order valence-electron chi connectivity index (χ2n) is 15.8. The number of aliphatic hydroxyl groups excluding tert-OH is 4. The minimum Gasteiger partial charge on any atom is -0.394 e. The molecule has 0 aromatic heterocycles. The summed E-state index contributed by atoms with van der Waals surface area (Å²) in [6, 6.07) is 0. The smallest absolute Gasteiger partial charge is 0.186 e. The molecule has 0 amide bonds. The Bertz CT molecular complexity index is 1040. The van der Waals surface area contributed by atoms with Crippen molar-refractivity contribution in [1.82, 2.24) is 0 Å². The molecule has 3 heterocycles. The summed E-state index contributed by atoms with van der Waals surface area (Å²) in [6.07, 6.45) is 2.04. The molecule has 4 aliphatic carbocycles. The average molecular weight is 593 g/mol. The monoisotopic (exact) mass is 592 g/mol. The summed E-state index contributed by atoms with van der Waals surface area (Å²) in [6.45, 7) is 9.46. The topological polar surface area (TPSA) is 135 Å². The second kappa shape index (κ2) is 10.4. The van der Waals surface area contributed by atoms with Gasteiger partial charge in [-0.05, 0) is 80.0 Å². The Morgan fingerprint density at radius 2 is 1.74 bits per heavy atom. The van der Waals surface area contributed by atoms with Gasteiger partial charge < -0.3 is 39.4 Å². The Morgan fingerprint density at radius 1 is 0.952 bits per heavy atom. The fourth-order valence-corrected chi connectivity index (χ4v) is 11.4. The average Bonchev–Trinajstić information content (AvgIpc) is 3.42. The maximum absolute atomic E-state index is 14.3. The van der Waals surface area contributed by atoms with Gasteiger partial charge in [-0.25, -0.2) is 0 Å². The van der Waals surface area contributed by atoms with Gasteiger partial charge in [0.1, 0.15) is 30.2 Å². The van der Waals surface area contributed by atoms with E-state index in [-0.39, 0.29) is 34.9 Å². The van der Waals surface area contributed by atoms with Crippen LogP contribution in [0.3, 0.4) is 0 Å². The van der Waals surface area contributed by atoms with Crippen LogP contribution in [0.25, 0.3) is 0 Å². The number of aliphatic hydroxyl groups is 4. The molecule has 238 valence electrons. The molecule has 17 atom stereocenters. The van der Waals surface area contributed by atoms with E-state index in [0.717, 1.165) is 58.0 Å². The second-order valence-corrected chi connectivity index (χ2v) is 15.8. The highest BCUT2D eigenvalue weighted by Crippen LogP contribution is 2.70. The Kier molecular flexibility index (Phi) is 7.47. The van der Waals surface area contributed by atoms with Gasteiger partial charge in [0.2, 0.25) is 0 Å². The molecule has 1 spiro atoms. The maximum Gasteiger partial charge on any atom is 0.186 e. The number of fused-ring (bicyclic) bond motifs is 7. The first-order chi connectivity index (χ1) is 19.9. The zero-order chi connectivity index (χ0) is 29.8. The van der Waals surface area contributed by atoms with E-state index in [1.54, 1.807) is 0 Å². The van der Waals surface area contributed by atoms with Crippen LogP contribution in [-0.4, -0.2) is 88.1 Å². The number of ether oxygens (including phenoxy) is 4. The van der Waals surface area contributed by atoms with Crippen molar-refractivity contribution in [3.05, 3.63) is 0 Å². The Hall–Kier alpha value is -0.650. The SMILES string of the molecule is C[C@H]1CC[C@@]2(OC1)O[C@H]1C[C@H]3[C@@H]4CC[C@H]5C[C@@H](O[C@H]6O[C@@H](CO)[C@H](O)[C@H](O)[C@H]6O)CC[C@]5(C)[C@H]4CC(=O)[C@]3(C)[C@H]1[C@@H]2C. The molecule has 9 heteroatoms. The molecule has 0 bridgehead atoms. The van der Waals surface area contributed by atoms with Crippen molar-refractivity contribution in [2.75, 3.05) is 13.2 Å². The van der Waals surface area contributed by atoms with Crippen LogP contribution < -0.4 is 0 Å². The van der Waals surface area contributed by atoms with Gasteiger partial charge in [0.15, 0.2) is 12.1 Å². The van der Waals surface area contributed by atoms with Gasteiger partial charge in [-0.2, -0.15) is 0 Å². The predicted molar refractivity (Wildman–Crippen MR) is 151 cm³/mol. The molecule has 3 aliphatic heterocycles. The molecule has 7 fully saturated rings. The molecular formula is C33H52O9. The predicted octanol–water partition coefficient (Wildman–Crippen LogP) is 2.80. The highest BCUT2D eigenvalue weighted by molar-refractivity contribution is 5.87. The number of carbonyl (C=O) groups excluding carboxylic acids is 1. The van der Waals surface area contributed by atoms with Crippen molar-refractivity contribution < 1.29 is 44.2 Å². The number of carbonyl (C=O) groups is 1. The molecule has 0 radical (unpaired) electrons. The highest BCUT2D eigenvalue weighted by Gasteiger charge is 2.71. The summed E-state index contributed by atoms with van der Waals surface area (Å²) >= 11 is 0. The van der Waals surface area contributed by atoms with E-state index in [0.29, 0.717) is 41.8 Å². The molecule has 7 rings (SSSR count). The standard InChI is InChI=1S/C33H52O9/c1-16-7-10-33(39-15-16)17(2)26-23(42-33)12-22-20-6-5-18-11-19(40-30-29(38)28(37)27(36)24(14-34)41-30)8-9-31(18,3)21(20)13-25(35)32(22,26)4/h16-24,26-30,34,36-38H,5-15H2,1-4H3/t16-,17-,18-,19-,20+,21-,22-,23-,24-,26-,27-,28-,29+,30-,31-,32+,33+/m0/s1. The van der Waals surface area contributed by atoms with E-state index >= 15 is 0 Å². The molecule has 3 saturated heterocycles. The molecule has 0 aromatic rings. The van der Waals surface area contributed by atoms with Crippen LogP contribution in [0.4, 0.5) is 0 Å². The van der Waals surface area contributed by atoms with E-state index in [9.17, 15) is 25.2 Å². The van der Waals surface area contributed by atoms with E-state index in [4.69, 9.17) is 18.9 Å². The molecular weight excluding hydrogens is 540 g/mol. The van der Waals surface area contributed by atoms with Gasteiger partial charge in [-0.15, -0.1) is 0 Å². The van der Waals surface area contributed by atoms with Crippen molar-refractivity contribution in [2.24, 2.45) is 52.3 Å². The molecule has 0 unspecified atom stereocenters. The summed E-state index contributed by atoms with van der Waals surface area (Å²) in [5.41, 5.74) is -0.309. The van der Waals surface area contributed by atoms with Crippen LogP contribution in [0.5, 0.6) is 0 Å². The molecule has 9 nitrogen and oxygen atoms in total. The van der Waals surface area contributed by atoms with E-state index < -0.39 is 43.1 Å². The van der Waals surface area contributed by atoms with E-state index in [1.807, 2.05) is 0 Å². The van der Waals surface area contributed by atoms with Crippen LogP contribution in [-0.2, 0) is 23.7 Å². The van der Waals surface area contributed by atoms with Crippen LogP contribution >= 0.6 is 0 Å². The van der Waals surface area contributed by atoms with E-state index in [2.05, 4.69) is 27.7 Å². The first-order valence-electron chi connectivity index (χ1n) is 16.7. The van der Waals surface area contributed by atoms with Gasteiger partial charge in [-0.3, -0.25) is 4.79 Å². The van der Waals surface area contributed by atoms with Crippen LogP contribution in [0, 0.1) is 52.3 Å².